The van der Waals surface area contributed by atoms with Crippen molar-refractivity contribution >= 4 is 0 Å². The Labute approximate surface area is 77.6 Å². The zero-order valence-electron chi connectivity index (χ0n) is 7.87. The molecule has 0 heterocycles. The molecular weight excluding hydrogens is 168 g/mol. The van der Waals surface area contributed by atoms with Crippen LogP contribution in [0.15, 0.2) is 12.1 Å². The maximum atomic E-state index is 9.44. The highest BCUT2D eigenvalue weighted by Gasteiger charge is 2.10. The Hall–Kier alpha value is -1.22. The summed E-state index contributed by atoms with van der Waals surface area (Å²) in [6.07, 6.45) is 0.503. The Balaban J connectivity index is 3.18. The van der Waals surface area contributed by atoms with E-state index in [1.54, 1.807) is 6.07 Å². The van der Waals surface area contributed by atoms with E-state index in [0.29, 0.717) is 12.2 Å². The zero-order chi connectivity index (χ0) is 9.84. The van der Waals surface area contributed by atoms with Crippen molar-refractivity contribution in [2.75, 3.05) is 13.7 Å². The van der Waals surface area contributed by atoms with Crippen molar-refractivity contribution in [3.63, 3.8) is 0 Å². The second-order valence-electron chi connectivity index (χ2n) is 2.89. The van der Waals surface area contributed by atoms with Gasteiger partial charge in [-0.05, 0) is 25.0 Å². The Morgan fingerprint density at radius 3 is 2.62 bits per heavy atom. The first-order valence-corrected chi connectivity index (χ1v) is 4.17. The minimum Gasteiger partial charge on any atom is -0.504 e. The van der Waals surface area contributed by atoms with Gasteiger partial charge in [0.25, 0.3) is 0 Å². The van der Waals surface area contributed by atoms with Crippen molar-refractivity contribution in [1.29, 1.82) is 0 Å². The van der Waals surface area contributed by atoms with Crippen molar-refractivity contribution in [2.24, 2.45) is 0 Å². The lowest BCUT2D eigenvalue weighted by Crippen LogP contribution is -1.98. The first-order chi connectivity index (χ1) is 6.20. The third-order valence-corrected chi connectivity index (χ3v) is 2.04. The van der Waals surface area contributed by atoms with Gasteiger partial charge in [0.2, 0.25) is 0 Å². The maximum Gasteiger partial charge on any atom is 0.164 e. The predicted octanol–water partition coefficient (Wildman–Crippen LogP) is 1.24. The molecule has 0 saturated heterocycles. The van der Waals surface area contributed by atoms with Gasteiger partial charge >= 0.3 is 0 Å². The van der Waals surface area contributed by atoms with E-state index in [2.05, 4.69) is 0 Å². The monoisotopic (exact) mass is 182 g/mol. The van der Waals surface area contributed by atoms with Crippen LogP contribution in [0.2, 0.25) is 0 Å². The molecular formula is C10H14O3. The topological polar surface area (TPSA) is 49.7 Å². The van der Waals surface area contributed by atoms with Gasteiger partial charge in [-0.25, -0.2) is 0 Å². The number of phenolic OH excluding ortho intramolecular Hbond substituents is 1. The van der Waals surface area contributed by atoms with Crippen LogP contribution in [0.4, 0.5) is 0 Å². The molecule has 0 aromatic heterocycles. The van der Waals surface area contributed by atoms with Gasteiger partial charge in [0.05, 0.1) is 7.11 Å². The summed E-state index contributed by atoms with van der Waals surface area (Å²) in [7, 11) is 1.51. The molecule has 0 saturated carbocycles. The predicted molar refractivity (Wildman–Crippen MR) is 50.2 cm³/mol. The van der Waals surface area contributed by atoms with Crippen LogP contribution in [0, 0.1) is 6.92 Å². The van der Waals surface area contributed by atoms with Crippen LogP contribution in [-0.4, -0.2) is 23.9 Å². The largest absolute Gasteiger partial charge is 0.504 e. The van der Waals surface area contributed by atoms with E-state index in [4.69, 9.17) is 9.84 Å². The number of rotatable bonds is 3. The summed E-state index contributed by atoms with van der Waals surface area (Å²) < 4.78 is 5.05. The normalized spacial score (nSPS) is 10.1. The summed E-state index contributed by atoms with van der Waals surface area (Å²) >= 11 is 0. The SMILES string of the molecule is COc1c(O)ccc(C)c1CCO. The van der Waals surface area contributed by atoms with E-state index in [-0.39, 0.29) is 12.4 Å². The van der Waals surface area contributed by atoms with E-state index in [0.717, 1.165) is 11.1 Å². The molecule has 1 aromatic rings. The minimum absolute atomic E-state index is 0.0562. The minimum atomic E-state index is 0.0562. The molecule has 1 aromatic carbocycles. The van der Waals surface area contributed by atoms with Crippen molar-refractivity contribution < 1.29 is 14.9 Å². The molecule has 0 amide bonds. The lowest BCUT2D eigenvalue weighted by atomic mass is 10.0. The highest BCUT2D eigenvalue weighted by Crippen LogP contribution is 2.32. The fourth-order valence-electron chi connectivity index (χ4n) is 1.36. The van der Waals surface area contributed by atoms with Crippen molar-refractivity contribution in [1.82, 2.24) is 0 Å². The highest BCUT2D eigenvalue weighted by atomic mass is 16.5. The van der Waals surface area contributed by atoms with Crippen LogP contribution in [0.3, 0.4) is 0 Å². The summed E-state index contributed by atoms with van der Waals surface area (Å²) in [6, 6.07) is 3.40. The van der Waals surface area contributed by atoms with Crippen LogP contribution < -0.4 is 4.74 Å². The standard InChI is InChI=1S/C10H14O3/c1-7-3-4-9(12)10(13-2)8(7)5-6-11/h3-4,11-12H,5-6H2,1-2H3. The quantitative estimate of drug-likeness (QED) is 0.739. The van der Waals surface area contributed by atoms with E-state index >= 15 is 0 Å². The third kappa shape index (κ3) is 1.92. The number of ether oxygens (including phenoxy) is 1. The van der Waals surface area contributed by atoms with Crippen LogP contribution in [0.25, 0.3) is 0 Å². The molecule has 0 atom stereocenters. The molecule has 13 heavy (non-hydrogen) atoms. The number of methoxy groups -OCH3 is 1. The van der Waals surface area contributed by atoms with Gasteiger partial charge in [-0.2, -0.15) is 0 Å². The molecule has 0 aliphatic heterocycles. The summed E-state index contributed by atoms with van der Waals surface area (Å²) in [4.78, 5) is 0. The van der Waals surface area contributed by atoms with Crippen LogP contribution in [0.5, 0.6) is 11.5 Å². The van der Waals surface area contributed by atoms with Crippen molar-refractivity contribution in [2.45, 2.75) is 13.3 Å². The Kier molecular flexibility index (Phi) is 3.14. The summed E-state index contributed by atoms with van der Waals surface area (Å²) in [5.74, 6) is 0.589. The zero-order valence-corrected chi connectivity index (χ0v) is 7.87. The molecule has 0 aliphatic carbocycles. The lowest BCUT2D eigenvalue weighted by Gasteiger charge is -2.11. The molecule has 0 fully saturated rings. The van der Waals surface area contributed by atoms with Crippen LogP contribution in [-0.2, 0) is 6.42 Å². The van der Waals surface area contributed by atoms with Gasteiger partial charge in [0.1, 0.15) is 0 Å². The molecule has 72 valence electrons. The Bertz CT molecular complexity index is 294. The second-order valence-corrected chi connectivity index (χ2v) is 2.89. The highest BCUT2D eigenvalue weighted by molar-refractivity contribution is 5.49. The first-order valence-electron chi connectivity index (χ1n) is 4.17. The van der Waals surface area contributed by atoms with E-state index < -0.39 is 0 Å². The summed E-state index contributed by atoms with van der Waals surface area (Å²) in [5.41, 5.74) is 1.88. The lowest BCUT2D eigenvalue weighted by molar-refractivity contribution is 0.295. The summed E-state index contributed by atoms with van der Waals surface area (Å²) in [5, 5.41) is 18.3. The van der Waals surface area contributed by atoms with Crippen LogP contribution >= 0.6 is 0 Å². The second kappa shape index (κ2) is 4.14. The molecule has 0 radical (unpaired) electrons. The van der Waals surface area contributed by atoms with Crippen molar-refractivity contribution in [3.05, 3.63) is 23.3 Å². The number of benzene rings is 1. The van der Waals surface area contributed by atoms with Crippen LogP contribution in [0.1, 0.15) is 11.1 Å². The molecule has 3 heteroatoms. The van der Waals surface area contributed by atoms with Gasteiger partial charge < -0.3 is 14.9 Å². The smallest absolute Gasteiger partial charge is 0.164 e. The number of aromatic hydroxyl groups is 1. The number of hydrogen-bond acceptors (Lipinski definition) is 3. The molecule has 0 unspecified atom stereocenters. The summed E-state index contributed by atoms with van der Waals surface area (Å²) in [6.45, 7) is 1.98. The Morgan fingerprint density at radius 2 is 2.08 bits per heavy atom. The first kappa shape index (κ1) is 9.86. The fraction of sp³-hybridized carbons (Fsp3) is 0.400. The van der Waals surface area contributed by atoms with E-state index in [1.165, 1.54) is 7.11 Å². The number of aliphatic hydroxyl groups excluding tert-OH is 1. The van der Waals surface area contributed by atoms with Gasteiger partial charge in [-0.1, -0.05) is 6.07 Å². The number of aliphatic hydroxyl groups is 1. The van der Waals surface area contributed by atoms with Crippen molar-refractivity contribution in [3.8, 4) is 11.5 Å². The number of phenols is 1. The number of hydrogen-bond donors (Lipinski definition) is 2. The molecule has 3 nitrogen and oxygen atoms in total. The molecule has 0 aliphatic rings. The molecule has 0 spiro atoms. The van der Waals surface area contributed by atoms with E-state index in [9.17, 15) is 5.11 Å². The van der Waals surface area contributed by atoms with E-state index in [1.807, 2.05) is 13.0 Å². The number of aryl methyl sites for hydroxylation is 1. The Morgan fingerprint density at radius 1 is 1.38 bits per heavy atom. The maximum absolute atomic E-state index is 9.44. The van der Waals surface area contributed by atoms with Gasteiger partial charge in [0.15, 0.2) is 11.5 Å². The molecule has 2 N–H and O–H groups in total. The average Bonchev–Trinajstić information content (AvgIpc) is 2.12. The molecule has 0 bridgehead atoms. The fourth-order valence-corrected chi connectivity index (χ4v) is 1.36. The van der Waals surface area contributed by atoms with Gasteiger partial charge in [-0.3, -0.25) is 0 Å². The molecule has 1 rings (SSSR count). The third-order valence-electron chi connectivity index (χ3n) is 2.04. The average molecular weight is 182 g/mol. The van der Waals surface area contributed by atoms with Gasteiger partial charge in [0, 0.05) is 12.2 Å². The van der Waals surface area contributed by atoms with Gasteiger partial charge in [-0.15, -0.1) is 0 Å².